The van der Waals surface area contributed by atoms with Crippen LogP contribution in [0.3, 0.4) is 0 Å². The van der Waals surface area contributed by atoms with E-state index in [1.807, 2.05) is 18.2 Å². The number of hydrogen-bond donors (Lipinski definition) is 3. The number of aromatic nitrogens is 1. The molecule has 1 saturated carbocycles. The van der Waals surface area contributed by atoms with Crippen molar-refractivity contribution >= 4 is 22.5 Å². The van der Waals surface area contributed by atoms with Crippen LogP contribution in [-0.4, -0.2) is 16.4 Å². The molecule has 0 atom stereocenters. The van der Waals surface area contributed by atoms with Gasteiger partial charge in [0.25, 0.3) is 5.91 Å². The molecule has 1 heterocycles. The van der Waals surface area contributed by atoms with Crippen molar-refractivity contribution in [3.63, 3.8) is 0 Å². The van der Waals surface area contributed by atoms with Crippen LogP contribution >= 0.6 is 0 Å². The van der Waals surface area contributed by atoms with E-state index in [4.69, 9.17) is 5.73 Å². The summed E-state index contributed by atoms with van der Waals surface area (Å²) in [5, 5.41) is 4.06. The maximum atomic E-state index is 12.4. The molecule has 4 nitrogen and oxygen atoms in total. The molecule has 1 fully saturated rings. The smallest absolute Gasteiger partial charge is 0.253 e. The molecular weight excluding hydrogens is 238 g/mol. The molecular formula is C15H19N3O. The Morgan fingerprint density at radius 3 is 2.84 bits per heavy atom. The first-order valence-corrected chi connectivity index (χ1v) is 6.77. The van der Waals surface area contributed by atoms with E-state index in [0.29, 0.717) is 11.3 Å². The maximum Gasteiger partial charge on any atom is 0.253 e. The lowest BCUT2D eigenvalue weighted by atomic mass is 10.00. The molecule has 1 aromatic heterocycles. The minimum absolute atomic E-state index is 0.0127. The van der Waals surface area contributed by atoms with E-state index in [9.17, 15) is 4.79 Å². The summed E-state index contributed by atoms with van der Waals surface area (Å²) < 4.78 is 0. The highest BCUT2D eigenvalue weighted by molar-refractivity contribution is 6.07. The number of nitrogens with one attached hydrogen (secondary N) is 2. The van der Waals surface area contributed by atoms with Gasteiger partial charge in [-0.1, -0.05) is 12.8 Å². The Morgan fingerprint density at radius 1 is 1.37 bits per heavy atom. The van der Waals surface area contributed by atoms with Crippen LogP contribution in [0, 0.1) is 0 Å². The minimum atomic E-state index is -0.0546. The molecule has 4 N–H and O–H groups in total. The van der Waals surface area contributed by atoms with Gasteiger partial charge in [-0.25, -0.2) is 0 Å². The van der Waals surface area contributed by atoms with Crippen molar-refractivity contribution in [2.24, 2.45) is 0 Å². The summed E-state index contributed by atoms with van der Waals surface area (Å²) in [7, 11) is 0. The lowest BCUT2D eigenvalue weighted by Crippen LogP contribution is -2.43. The predicted octanol–water partition coefficient (Wildman–Crippen LogP) is 2.81. The quantitative estimate of drug-likeness (QED) is 0.724. The third-order valence-corrected chi connectivity index (χ3v) is 4.07. The summed E-state index contributed by atoms with van der Waals surface area (Å²) in [5.74, 6) is -0.0127. The molecule has 0 aliphatic heterocycles. The van der Waals surface area contributed by atoms with Crippen LogP contribution in [0.25, 0.3) is 10.9 Å². The number of nitrogen functional groups attached to an aromatic ring is 1. The van der Waals surface area contributed by atoms with Crippen molar-refractivity contribution in [3.05, 3.63) is 30.0 Å². The van der Waals surface area contributed by atoms with Crippen LogP contribution in [0.5, 0.6) is 0 Å². The number of rotatable bonds is 2. The number of nitrogens with two attached hydrogens (primary N) is 1. The minimum Gasteiger partial charge on any atom is -0.399 e. The first-order chi connectivity index (χ1) is 9.07. The zero-order valence-corrected chi connectivity index (χ0v) is 11.1. The molecule has 100 valence electrons. The molecule has 19 heavy (non-hydrogen) atoms. The van der Waals surface area contributed by atoms with Crippen molar-refractivity contribution in [1.29, 1.82) is 0 Å². The number of anilines is 1. The Labute approximate surface area is 112 Å². The van der Waals surface area contributed by atoms with Crippen molar-refractivity contribution in [2.45, 2.75) is 38.1 Å². The van der Waals surface area contributed by atoms with Crippen LogP contribution in [0.4, 0.5) is 5.69 Å². The van der Waals surface area contributed by atoms with Crippen molar-refractivity contribution < 1.29 is 4.79 Å². The average molecular weight is 257 g/mol. The van der Waals surface area contributed by atoms with E-state index in [1.54, 1.807) is 6.20 Å². The molecule has 1 aliphatic rings. The third kappa shape index (κ3) is 2.18. The second kappa shape index (κ2) is 4.30. The van der Waals surface area contributed by atoms with Gasteiger partial charge in [-0.15, -0.1) is 0 Å². The highest BCUT2D eigenvalue weighted by atomic mass is 16.1. The lowest BCUT2D eigenvalue weighted by Gasteiger charge is -2.25. The number of carbonyl (C=O) groups is 1. The number of H-pyrrole nitrogens is 1. The summed E-state index contributed by atoms with van der Waals surface area (Å²) in [6.07, 6.45) is 6.26. The fraction of sp³-hybridized carbons (Fsp3) is 0.400. The van der Waals surface area contributed by atoms with Gasteiger partial charge in [0.2, 0.25) is 0 Å². The summed E-state index contributed by atoms with van der Waals surface area (Å²) >= 11 is 0. The summed E-state index contributed by atoms with van der Waals surface area (Å²) in [4.78, 5) is 15.5. The van der Waals surface area contributed by atoms with Crippen molar-refractivity contribution in [1.82, 2.24) is 10.3 Å². The molecule has 1 amide bonds. The maximum absolute atomic E-state index is 12.4. The van der Waals surface area contributed by atoms with Crippen LogP contribution in [0.15, 0.2) is 24.4 Å². The van der Waals surface area contributed by atoms with Crippen LogP contribution in [0.2, 0.25) is 0 Å². The molecule has 0 unspecified atom stereocenters. The van der Waals surface area contributed by atoms with Gasteiger partial charge in [0.05, 0.1) is 5.56 Å². The van der Waals surface area contributed by atoms with Crippen LogP contribution in [-0.2, 0) is 0 Å². The molecule has 4 heteroatoms. The fourth-order valence-electron chi connectivity index (χ4n) is 2.95. The molecule has 0 saturated heterocycles. The molecule has 0 radical (unpaired) electrons. The molecule has 0 spiro atoms. The van der Waals surface area contributed by atoms with E-state index in [-0.39, 0.29) is 11.4 Å². The Morgan fingerprint density at radius 2 is 2.11 bits per heavy atom. The lowest BCUT2D eigenvalue weighted by molar-refractivity contribution is 0.0910. The molecule has 1 aromatic carbocycles. The second-order valence-electron chi connectivity index (χ2n) is 5.73. The number of carbonyl (C=O) groups excluding carboxylic acids is 1. The van der Waals surface area contributed by atoms with Gasteiger partial charge >= 0.3 is 0 Å². The van der Waals surface area contributed by atoms with Gasteiger partial charge in [0.15, 0.2) is 0 Å². The van der Waals surface area contributed by atoms with Crippen molar-refractivity contribution in [2.75, 3.05) is 5.73 Å². The number of amides is 1. The van der Waals surface area contributed by atoms with E-state index in [2.05, 4.69) is 17.2 Å². The zero-order chi connectivity index (χ0) is 13.5. The first-order valence-electron chi connectivity index (χ1n) is 6.77. The monoisotopic (exact) mass is 257 g/mol. The highest BCUT2D eigenvalue weighted by Gasteiger charge is 2.30. The van der Waals surface area contributed by atoms with E-state index < -0.39 is 0 Å². The van der Waals surface area contributed by atoms with Crippen molar-refractivity contribution in [3.8, 4) is 0 Å². The largest absolute Gasteiger partial charge is 0.399 e. The molecule has 0 bridgehead atoms. The van der Waals surface area contributed by atoms with E-state index >= 15 is 0 Å². The third-order valence-electron chi connectivity index (χ3n) is 4.07. The zero-order valence-electron chi connectivity index (χ0n) is 11.1. The normalized spacial score (nSPS) is 17.7. The highest BCUT2D eigenvalue weighted by Crippen LogP contribution is 2.30. The summed E-state index contributed by atoms with van der Waals surface area (Å²) in [6, 6.07) is 5.58. The van der Waals surface area contributed by atoms with Crippen LogP contribution in [0.1, 0.15) is 43.0 Å². The molecule has 1 aliphatic carbocycles. The van der Waals surface area contributed by atoms with Gasteiger partial charge in [0.1, 0.15) is 0 Å². The SMILES string of the molecule is CC1(NC(=O)c2c[nH]c3ccc(N)cc23)CCCC1. The predicted molar refractivity (Wildman–Crippen MR) is 77.1 cm³/mol. The number of fused-ring (bicyclic) bond motifs is 1. The first kappa shape index (κ1) is 12.1. The van der Waals surface area contributed by atoms with Crippen LogP contribution < -0.4 is 11.1 Å². The number of hydrogen-bond acceptors (Lipinski definition) is 2. The van der Waals surface area contributed by atoms with Gasteiger partial charge in [-0.2, -0.15) is 0 Å². The number of benzene rings is 1. The topological polar surface area (TPSA) is 70.9 Å². The van der Waals surface area contributed by atoms with Gasteiger partial charge in [0, 0.05) is 28.3 Å². The Bertz CT molecular complexity index is 623. The summed E-state index contributed by atoms with van der Waals surface area (Å²) in [5.41, 5.74) is 8.03. The fourth-order valence-corrected chi connectivity index (χ4v) is 2.95. The van der Waals surface area contributed by atoms with Gasteiger partial charge in [-0.3, -0.25) is 4.79 Å². The molecule has 3 rings (SSSR count). The second-order valence-corrected chi connectivity index (χ2v) is 5.73. The standard InChI is InChI=1S/C15H19N3O/c1-15(6-2-3-7-15)18-14(19)12-9-17-13-5-4-10(16)8-11(12)13/h4-5,8-9,17H,2-3,6-7,16H2,1H3,(H,18,19). The van der Waals surface area contributed by atoms with Gasteiger partial charge < -0.3 is 16.0 Å². The summed E-state index contributed by atoms with van der Waals surface area (Å²) in [6.45, 7) is 2.13. The molecule has 2 aromatic rings. The van der Waals surface area contributed by atoms with Gasteiger partial charge in [-0.05, 0) is 38.0 Å². The van der Waals surface area contributed by atoms with E-state index in [0.717, 1.165) is 23.7 Å². The van der Waals surface area contributed by atoms with E-state index in [1.165, 1.54) is 12.8 Å². The Balaban J connectivity index is 1.91. The number of aromatic amines is 1. The Kier molecular flexibility index (Phi) is 2.73. The average Bonchev–Trinajstić information content (AvgIpc) is 2.95. The Hall–Kier alpha value is -1.97.